The molecule has 2 bridgehead atoms. The number of hydrogen-bond acceptors (Lipinski definition) is 6. The molecule has 4 heterocycles. The molecule has 0 radical (unpaired) electrons. The summed E-state index contributed by atoms with van der Waals surface area (Å²) < 4.78 is 1.99. The molecule has 8 heteroatoms. The van der Waals surface area contributed by atoms with Crippen LogP contribution in [0.25, 0.3) is 11.0 Å². The fraction of sp³-hybridized carbons (Fsp3) is 0.690. The van der Waals surface area contributed by atoms with Gasteiger partial charge in [-0.1, -0.05) is 44.2 Å². The van der Waals surface area contributed by atoms with Crippen LogP contribution < -0.4 is 10.5 Å². The number of anilines is 1. The van der Waals surface area contributed by atoms with Crippen molar-refractivity contribution < 1.29 is 15.0 Å². The number of carboxylic acids is 1. The molecule has 0 spiro atoms. The van der Waals surface area contributed by atoms with E-state index in [0.29, 0.717) is 36.9 Å². The van der Waals surface area contributed by atoms with Crippen molar-refractivity contribution in [3.8, 4) is 0 Å². The molecule has 200 valence electrons. The largest absolute Gasteiger partial charge is 0.481 e. The molecule has 5 atom stereocenters. The number of carboxylic acid groups (broad SMARTS) is 1. The van der Waals surface area contributed by atoms with Crippen molar-refractivity contribution in [3.63, 3.8) is 0 Å². The van der Waals surface area contributed by atoms with E-state index in [1.807, 2.05) is 28.8 Å². The molecule has 8 nitrogen and oxygen atoms in total. The van der Waals surface area contributed by atoms with Crippen LogP contribution in [0.15, 0.2) is 29.1 Å². The summed E-state index contributed by atoms with van der Waals surface area (Å²) in [6.07, 6.45) is 13.2. The van der Waals surface area contributed by atoms with Crippen LogP contribution in [0.3, 0.4) is 0 Å². The van der Waals surface area contributed by atoms with Gasteiger partial charge in [-0.05, 0) is 57.1 Å². The number of aromatic nitrogens is 2. The molecule has 4 aliphatic rings. The number of piperidine rings is 2. The van der Waals surface area contributed by atoms with E-state index in [1.165, 1.54) is 57.8 Å². The molecule has 1 aromatic carbocycles. The Hall–Kier alpha value is -2.45. The molecule has 6 rings (SSSR count). The maximum Gasteiger partial charge on any atom is 0.310 e. The molecule has 1 saturated carbocycles. The number of aliphatic carboxylic acids is 1. The smallest absolute Gasteiger partial charge is 0.310 e. The normalized spacial score (nSPS) is 31.8. The lowest BCUT2D eigenvalue weighted by Gasteiger charge is -2.45. The maximum atomic E-state index is 14.1. The van der Waals surface area contributed by atoms with Crippen molar-refractivity contribution in [2.45, 2.75) is 107 Å². The second kappa shape index (κ2) is 10.4. The molecule has 3 unspecified atom stereocenters. The van der Waals surface area contributed by atoms with E-state index in [4.69, 9.17) is 4.98 Å². The highest BCUT2D eigenvalue weighted by atomic mass is 16.4. The fourth-order valence-corrected chi connectivity index (χ4v) is 7.81. The van der Waals surface area contributed by atoms with E-state index in [2.05, 4.69) is 4.90 Å². The number of carbonyl (C=O) groups is 1. The van der Waals surface area contributed by atoms with Crippen LogP contribution >= 0.6 is 0 Å². The summed E-state index contributed by atoms with van der Waals surface area (Å²) >= 11 is 0. The van der Waals surface area contributed by atoms with Crippen LogP contribution in [0.4, 0.5) is 5.82 Å². The molecule has 0 amide bonds. The Labute approximate surface area is 218 Å². The van der Waals surface area contributed by atoms with Crippen LogP contribution in [0.1, 0.15) is 83.1 Å². The van der Waals surface area contributed by atoms with Gasteiger partial charge in [-0.2, -0.15) is 0 Å². The first-order chi connectivity index (χ1) is 18.0. The summed E-state index contributed by atoms with van der Waals surface area (Å²) in [6.45, 7) is 0.527. The van der Waals surface area contributed by atoms with E-state index in [0.717, 1.165) is 23.9 Å². The minimum atomic E-state index is -1.03. The van der Waals surface area contributed by atoms with Crippen molar-refractivity contribution in [2.24, 2.45) is 5.92 Å². The predicted molar refractivity (Wildman–Crippen MR) is 143 cm³/mol. The zero-order chi connectivity index (χ0) is 25.5. The van der Waals surface area contributed by atoms with Crippen LogP contribution in [0.5, 0.6) is 0 Å². The number of benzene rings is 1. The highest BCUT2D eigenvalue weighted by Crippen LogP contribution is 2.44. The van der Waals surface area contributed by atoms with E-state index in [-0.39, 0.29) is 18.1 Å². The Kier molecular flexibility index (Phi) is 6.97. The first-order valence-electron chi connectivity index (χ1n) is 14.5. The number of aliphatic hydroxyl groups is 1. The number of aliphatic hydroxyl groups excluding tert-OH is 1. The standard InChI is InChI=1S/C29H40N4O4/c34-26-14-15-31(18-23(26)29(36)37)27-28(35)33(25-11-7-6-10-24(25)30-27)22-16-20-12-13-21(17-22)32(20)19-8-4-2-1-3-5-9-19/h6-7,10-11,19-23,26,34H,1-5,8-9,12-18H2,(H,36,37)/t20-,21+,22?,23?,26?. The third-order valence-corrected chi connectivity index (χ3v) is 9.60. The topological polar surface area (TPSA) is 98.9 Å². The Morgan fingerprint density at radius 2 is 1.54 bits per heavy atom. The number of rotatable bonds is 4. The van der Waals surface area contributed by atoms with E-state index >= 15 is 0 Å². The summed E-state index contributed by atoms with van der Waals surface area (Å²) in [5.74, 6) is -1.62. The van der Waals surface area contributed by atoms with E-state index in [9.17, 15) is 19.8 Å². The number of para-hydroxylation sites is 2. The van der Waals surface area contributed by atoms with Crippen molar-refractivity contribution in [1.29, 1.82) is 0 Å². The minimum absolute atomic E-state index is 0.0997. The highest BCUT2D eigenvalue weighted by Gasteiger charge is 2.45. The van der Waals surface area contributed by atoms with E-state index < -0.39 is 18.0 Å². The van der Waals surface area contributed by atoms with Crippen LogP contribution in [-0.4, -0.2) is 68.0 Å². The Morgan fingerprint density at radius 3 is 2.24 bits per heavy atom. The maximum absolute atomic E-state index is 14.1. The van der Waals surface area contributed by atoms with Gasteiger partial charge in [0.1, 0.15) is 5.92 Å². The lowest BCUT2D eigenvalue weighted by molar-refractivity contribution is -0.146. The van der Waals surface area contributed by atoms with Gasteiger partial charge in [0.2, 0.25) is 0 Å². The van der Waals surface area contributed by atoms with Gasteiger partial charge in [0.15, 0.2) is 5.82 Å². The van der Waals surface area contributed by atoms with Crippen molar-refractivity contribution >= 4 is 22.8 Å². The molecule has 37 heavy (non-hydrogen) atoms. The summed E-state index contributed by atoms with van der Waals surface area (Å²) in [5, 5.41) is 19.8. The van der Waals surface area contributed by atoms with Crippen molar-refractivity contribution in [2.75, 3.05) is 18.0 Å². The molecule has 1 aliphatic carbocycles. The lowest BCUT2D eigenvalue weighted by atomic mass is 9.89. The number of nitrogens with zero attached hydrogens (tertiary/aromatic N) is 4. The van der Waals surface area contributed by atoms with Gasteiger partial charge in [-0.25, -0.2) is 4.98 Å². The van der Waals surface area contributed by atoms with Gasteiger partial charge in [0.05, 0.1) is 17.1 Å². The van der Waals surface area contributed by atoms with Gasteiger partial charge in [-0.3, -0.25) is 14.5 Å². The average molecular weight is 509 g/mol. The molecule has 2 aromatic rings. The number of hydrogen-bond donors (Lipinski definition) is 2. The van der Waals surface area contributed by atoms with Gasteiger partial charge in [0, 0.05) is 37.3 Å². The summed E-state index contributed by atoms with van der Waals surface area (Å²) in [7, 11) is 0. The van der Waals surface area contributed by atoms with Crippen LogP contribution in [-0.2, 0) is 4.79 Å². The average Bonchev–Trinajstić information content (AvgIpc) is 3.12. The van der Waals surface area contributed by atoms with Gasteiger partial charge in [0.25, 0.3) is 5.56 Å². The molecule has 1 aromatic heterocycles. The molecule has 3 aliphatic heterocycles. The van der Waals surface area contributed by atoms with Gasteiger partial charge >= 0.3 is 5.97 Å². The summed E-state index contributed by atoms with van der Waals surface area (Å²) in [5.41, 5.74) is 1.51. The molecule has 2 N–H and O–H groups in total. The monoisotopic (exact) mass is 508 g/mol. The molecule has 4 fully saturated rings. The van der Waals surface area contributed by atoms with Crippen molar-refractivity contribution in [1.82, 2.24) is 14.5 Å². The minimum Gasteiger partial charge on any atom is -0.481 e. The lowest BCUT2D eigenvalue weighted by Crippen LogP contribution is -2.51. The molecule has 3 saturated heterocycles. The van der Waals surface area contributed by atoms with Gasteiger partial charge in [-0.15, -0.1) is 0 Å². The summed E-state index contributed by atoms with van der Waals surface area (Å²) in [6, 6.07) is 9.70. The zero-order valence-electron chi connectivity index (χ0n) is 21.7. The van der Waals surface area contributed by atoms with Crippen LogP contribution in [0, 0.1) is 5.92 Å². The third-order valence-electron chi connectivity index (χ3n) is 9.60. The Bertz CT molecular complexity index is 1180. The Balaban J connectivity index is 1.32. The molecular weight excluding hydrogens is 468 g/mol. The predicted octanol–water partition coefficient (Wildman–Crippen LogP) is 3.95. The Morgan fingerprint density at radius 1 is 0.865 bits per heavy atom. The second-order valence-corrected chi connectivity index (χ2v) is 11.8. The second-order valence-electron chi connectivity index (χ2n) is 11.8. The first kappa shape index (κ1) is 24.9. The fourth-order valence-electron chi connectivity index (χ4n) is 7.81. The third kappa shape index (κ3) is 4.67. The SMILES string of the molecule is O=C(O)C1CN(c2nc3ccccc3n(C3C[C@H]4CC[C@@H](C3)N4C3CCCCCCC3)c2=O)CCC1O. The quantitative estimate of drug-likeness (QED) is 0.645. The zero-order valence-corrected chi connectivity index (χ0v) is 21.7. The highest BCUT2D eigenvalue weighted by molar-refractivity contribution is 5.77. The first-order valence-corrected chi connectivity index (χ1v) is 14.5. The molecular formula is C29H40N4O4. The van der Waals surface area contributed by atoms with Gasteiger partial charge < -0.3 is 19.7 Å². The van der Waals surface area contributed by atoms with Crippen LogP contribution in [0.2, 0.25) is 0 Å². The van der Waals surface area contributed by atoms with Crippen molar-refractivity contribution in [3.05, 3.63) is 34.6 Å². The van der Waals surface area contributed by atoms with E-state index in [1.54, 1.807) is 4.90 Å². The summed E-state index contributed by atoms with van der Waals surface area (Å²) in [4.78, 5) is 35.2. The number of fused-ring (bicyclic) bond motifs is 3.